The van der Waals surface area contributed by atoms with Crippen LogP contribution in [0.3, 0.4) is 0 Å². The van der Waals surface area contributed by atoms with Crippen LogP contribution in [-0.4, -0.2) is 153 Å². The van der Waals surface area contributed by atoms with Gasteiger partial charge in [-0.15, -0.1) is 0 Å². The Balaban J connectivity index is 1.10. The number of phenolic OH excluding ortho intramolecular Hbond substituents is 30. The van der Waals surface area contributed by atoms with E-state index in [-0.39, 0.29) is 44.3 Å². The first kappa shape index (κ1) is 63.0. The minimum absolute atomic E-state index is 0.0846. The van der Waals surface area contributed by atoms with Gasteiger partial charge in [0.05, 0.1) is 11.4 Å². The first-order valence-corrected chi connectivity index (χ1v) is 27.4. The van der Waals surface area contributed by atoms with Crippen molar-refractivity contribution in [1.29, 1.82) is 0 Å². The highest BCUT2D eigenvalue weighted by atomic mass is 16.4. The number of phenols is 30. The van der Waals surface area contributed by atoms with Crippen LogP contribution in [0.15, 0.2) is 97.1 Å². The predicted octanol–water partition coefficient (Wildman–Crippen LogP) is 9.63. The van der Waals surface area contributed by atoms with Gasteiger partial charge in [-0.3, -0.25) is 9.80 Å². The highest BCUT2D eigenvalue weighted by molar-refractivity contribution is 6.28. The molecule has 0 heterocycles. The molecule has 12 aromatic carbocycles. The number of benzene rings is 12. The molecular weight excluding hydrogens is 1300 g/mol. The quantitative estimate of drug-likeness (QED) is 0.0307. The topological polar surface area (TPSA) is 620 Å². The third-order valence-corrected chi connectivity index (χ3v) is 16.2. The Morgan fingerprint density at radius 3 is 0.469 bits per heavy atom. The van der Waals surface area contributed by atoms with Crippen LogP contribution in [-0.2, 0) is 0 Å². The molecule has 34 heteroatoms. The maximum absolute atomic E-state index is 11.7. The summed E-state index contributed by atoms with van der Waals surface area (Å²) in [6.07, 6.45) is 0. The molecule has 0 saturated heterocycles. The molecule has 502 valence electrons. The fourth-order valence-corrected chi connectivity index (χ4v) is 11.5. The SMILES string of the molecule is Oc1c(O)c(O)c(N(c2ccc(N(c3c(O)c(O)c(O)c(O)c3O)c3ccc4ccc5c(N(c6ccc(N(c7c(O)c(O)c(O)c(O)c7O)c7c(O)c(O)c(O)c(O)c7O)cc6)c6c(O)c(O)c(O)c(O)c6O)ccc6ccc3c4c65)cc2)c2c(O)c(O)c(O)c(O)c2O)c(O)c1O. The average Bonchev–Trinajstić information content (AvgIpc) is 0.716. The minimum atomic E-state index is -1.53. The summed E-state index contributed by atoms with van der Waals surface area (Å²) in [5, 5.41) is 330. The van der Waals surface area contributed by atoms with Crippen molar-refractivity contribution in [1.82, 2.24) is 0 Å². The Bertz CT molecular complexity index is 4790. The van der Waals surface area contributed by atoms with Crippen molar-refractivity contribution in [2.24, 2.45) is 0 Å². The second kappa shape index (κ2) is 21.8. The summed E-state index contributed by atoms with van der Waals surface area (Å²) in [4.78, 5) is 2.66. The summed E-state index contributed by atoms with van der Waals surface area (Å²) in [5.74, 6) is -44.0. The average molecular weight is 1350 g/mol. The van der Waals surface area contributed by atoms with Gasteiger partial charge in [0.25, 0.3) is 0 Å². The Morgan fingerprint density at radius 2 is 0.286 bits per heavy atom. The van der Waals surface area contributed by atoms with E-state index in [0.717, 1.165) is 58.3 Å². The van der Waals surface area contributed by atoms with Crippen molar-refractivity contribution in [3.63, 3.8) is 0 Å². The van der Waals surface area contributed by atoms with Crippen LogP contribution in [0.5, 0.6) is 172 Å². The number of anilines is 12. The zero-order valence-electron chi connectivity index (χ0n) is 48.4. The molecule has 0 bridgehead atoms. The first-order valence-electron chi connectivity index (χ1n) is 27.4. The molecule has 0 spiro atoms. The molecule has 30 N–H and O–H groups in total. The summed E-state index contributed by atoms with van der Waals surface area (Å²) in [7, 11) is 0. The summed E-state index contributed by atoms with van der Waals surface area (Å²) in [6.45, 7) is 0. The van der Waals surface area contributed by atoms with E-state index in [2.05, 4.69) is 0 Å². The van der Waals surface area contributed by atoms with Crippen LogP contribution in [0.25, 0.3) is 32.3 Å². The zero-order valence-corrected chi connectivity index (χ0v) is 48.4. The first-order chi connectivity index (χ1) is 46.2. The van der Waals surface area contributed by atoms with Gasteiger partial charge in [0, 0.05) is 33.5 Å². The lowest BCUT2D eigenvalue weighted by Crippen LogP contribution is -2.14. The van der Waals surface area contributed by atoms with E-state index in [1.54, 1.807) is 0 Å². The molecule has 34 nitrogen and oxygen atoms in total. The Morgan fingerprint density at radius 1 is 0.143 bits per heavy atom. The molecule has 0 saturated carbocycles. The molecule has 0 aliphatic rings. The van der Waals surface area contributed by atoms with Gasteiger partial charge in [0.2, 0.25) is 103 Å². The second-order valence-electron chi connectivity index (χ2n) is 21.5. The number of hydrogen-bond acceptors (Lipinski definition) is 34. The van der Waals surface area contributed by atoms with E-state index in [1.807, 2.05) is 0 Å². The van der Waals surface area contributed by atoms with Crippen LogP contribution in [0.2, 0.25) is 0 Å². The molecule has 0 atom stereocenters. The van der Waals surface area contributed by atoms with Crippen LogP contribution in [0, 0.1) is 0 Å². The van der Waals surface area contributed by atoms with Gasteiger partial charge in [-0.25, -0.2) is 0 Å². The van der Waals surface area contributed by atoms with Crippen molar-refractivity contribution < 1.29 is 153 Å². The number of aromatic hydroxyl groups is 30. The highest BCUT2D eigenvalue weighted by Crippen LogP contribution is 2.68. The van der Waals surface area contributed by atoms with E-state index in [0.29, 0.717) is 20.6 Å². The maximum atomic E-state index is 11.7. The number of nitrogens with zero attached hydrogens (tertiary/aromatic N) is 4. The Kier molecular flexibility index (Phi) is 14.0. The van der Waals surface area contributed by atoms with E-state index in [1.165, 1.54) is 48.5 Å². The molecule has 0 aliphatic carbocycles. The Hall–Kier alpha value is -15.1. The lowest BCUT2D eigenvalue weighted by atomic mass is 9.91. The molecule has 98 heavy (non-hydrogen) atoms. The molecule has 0 aliphatic heterocycles. The van der Waals surface area contributed by atoms with E-state index >= 15 is 0 Å². The number of hydrogen-bond donors (Lipinski definition) is 30. The number of rotatable bonds is 12. The van der Waals surface area contributed by atoms with Crippen molar-refractivity contribution in [2.75, 3.05) is 19.6 Å². The molecule has 0 unspecified atom stereocenters. The lowest BCUT2D eigenvalue weighted by molar-refractivity contribution is 0.326. The standard InChI is InChI=1S/C64H46N4O30/c69-35-29(36(70)48(82)59(93)47(35)81)65(19-5-9-21(10-6-19)67(31-39(73)51(85)61(95)52(86)40(31)74)32-41(75)53(87)62(96)54(88)42(32)76)25-16-4-18-2-14-24-26(15-3-17-1-13-23(25)28(18)27(17)24)66(30-37(71)49(83)60(94)50(84)38(30)72)20-7-11-22(12-8-20)68(33-43(77)55(89)63(97)56(90)44(33)78)34-45(79)57(91)64(98)58(92)46(34)80/h1-16,69-98H. The van der Waals surface area contributed by atoms with Gasteiger partial charge in [-0.1, -0.05) is 36.4 Å². The monoisotopic (exact) mass is 1350 g/mol. The summed E-state index contributed by atoms with van der Waals surface area (Å²) >= 11 is 0. The van der Waals surface area contributed by atoms with E-state index in [9.17, 15) is 153 Å². The van der Waals surface area contributed by atoms with Gasteiger partial charge >= 0.3 is 0 Å². The fourth-order valence-electron chi connectivity index (χ4n) is 11.5. The van der Waals surface area contributed by atoms with Crippen molar-refractivity contribution in [2.45, 2.75) is 0 Å². The third-order valence-electron chi connectivity index (χ3n) is 16.2. The van der Waals surface area contributed by atoms with Crippen LogP contribution in [0.4, 0.5) is 68.2 Å². The highest BCUT2D eigenvalue weighted by Gasteiger charge is 2.40. The fraction of sp³-hybridized carbons (Fsp3) is 0. The molecule has 0 amide bonds. The summed E-state index contributed by atoms with van der Waals surface area (Å²) < 4.78 is 0. The molecule has 0 aromatic heterocycles. The van der Waals surface area contributed by atoms with Gasteiger partial charge in [-0.2, -0.15) is 0 Å². The van der Waals surface area contributed by atoms with Gasteiger partial charge < -0.3 is 163 Å². The van der Waals surface area contributed by atoms with Gasteiger partial charge in [0.1, 0.15) is 34.1 Å². The van der Waals surface area contributed by atoms with Crippen molar-refractivity contribution in [3.8, 4) is 172 Å². The predicted molar refractivity (Wildman–Crippen MR) is 339 cm³/mol. The smallest absolute Gasteiger partial charge is 0.208 e. The largest absolute Gasteiger partial charge is 0.503 e. The minimum Gasteiger partial charge on any atom is -0.503 e. The van der Waals surface area contributed by atoms with E-state index < -0.39 is 218 Å². The third kappa shape index (κ3) is 8.61. The van der Waals surface area contributed by atoms with Gasteiger partial charge in [0.15, 0.2) is 69.0 Å². The van der Waals surface area contributed by atoms with E-state index in [4.69, 9.17) is 0 Å². The van der Waals surface area contributed by atoms with Crippen LogP contribution >= 0.6 is 0 Å². The van der Waals surface area contributed by atoms with Gasteiger partial charge in [-0.05, 0) is 82.2 Å². The summed E-state index contributed by atoms with van der Waals surface area (Å²) in [6, 6.07) is 19.8. The second-order valence-corrected chi connectivity index (χ2v) is 21.5. The van der Waals surface area contributed by atoms with Crippen LogP contribution in [0.1, 0.15) is 0 Å². The normalized spacial score (nSPS) is 11.5. The summed E-state index contributed by atoms with van der Waals surface area (Å²) in [5.41, 5.74) is -8.62. The molecule has 0 radical (unpaired) electrons. The molecule has 0 fully saturated rings. The molecular formula is C64H46N4O30. The lowest BCUT2D eigenvalue weighted by Gasteiger charge is -2.32. The maximum Gasteiger partial charge on any atom is 0.208 e. The van der Waals surface area contributed by atoms with Crippen molar-refractivity contribution in [3.05, 3.63) is 97.1 Å². The van der Waals surface area contributed by atoms with Crippen LogP contribution < -0.4 is 19.6 Å². The molecule has 12 aromatic rings. The zero-order chi connectivity index (χ0) is 71.3. The Labute approximate surface area is 541 Å². The van der Waals surface area contributed by atoms with Crippen molar-refractivity contribution >= 4 is 101 Å². The molecule has 12 rings (SSSR count).